The molecule has 2 atom stereocenters. The number of nitrogens with two attached hydrogens (primary N) is 2. The average molecular weight is 261 g/mol. The van der Waals surface area contributed by atoms with Crippen LogP contribution in [0.4, 0.5) is 0 Å². The van der Waals surface area contributed by atoms with Gasteiger partial charge in [0.05, 0.1) is 0 Å². The molecule has 2 unspecified atom stereocenters. The number of carbonyl (C=O) groups excluding carboxylic acids is 1. The number of primary amides is 1. The molecule has 1 aliphatic rings. The zero-order valence-electron chi connectivity index (χ0n) is 11.7. The Balaban J connectivity index is 2.09. The predicted octanol–water partition coefficient (Wildman–Crippen LogP) is 1.26. The first kappa shape index (κ1) is 14.0. The molecule has 104 valence electrons. The van der Waals surface area contributed by atoms with E-state index in [2.05, 4.69) is 11.8 Å². The van der Waals surface area contributed by atoms with Gasteiger partial charge in [-0.25, -0.2) is 0 Å². The molecule has 0 radical (unpaired) electrons. The van der Waals surface area contributed by atoms with Crippen molar-refractivity contribution in [3.8, 4) is 0 Å². The quantitative estimate of drug-likeness (QED) is 0.857. The third kappa shape index (κ3) is 3.14. The van der Waals surface area contributed by atoms with Crippen molar-refractivity contribution in [3.63, 3.8) is 0 Å². The zero-order chi connectivity index (χ0) is 14.0. The summed E-state index contributed by atoms with van der Waals surface area (Å²) in [5, 5.41) is 0. The summed E-state index contributed by atoms with van der Waals surface area (Å²) in [7, 11) is 0. The Morgan fingerprint density at radius 2 is 2.21 bits per heavy atom. The van der Waals surface area contributed by atoms with Crippen LogP contribution in [0.2, 0.25) is 0 Å². The third-order valence-electron chi connectivity index (χ3n) is 4.12. The molecule has 2 rings (SSSR count). The minimum atomic E-state index is -0.368. The number of nitrogens with zero attached hydrogens (tertiary/aromatic N) is 1. The highest BCUT2D eigenvalue weighted by Crippen LogP contribution is 2.25. The van der Waals surface area contributed by atoms with Gasteiger partial charge in [0, 0.05) is 24.7 Å². The van der Waals surface area contributed by atoms with Crippen molar-refractivity contribution in [2.75, 3.05) is 13.1 Å². The van der Waals surface area contributed by atoms with Crippen LogP contribution in [0.3, 0.4) is 0 Å². The lowest BCUT2D eigenvalue weighted by molar-refractivity contribution is 0.1000. The number of benzene rings is 1. The molecule has 0 bridgehead atoms. The van der Waals surface area contributed by atoms with E-state index >= 15 is 0 Å². The molecule has 0 saturated carbocycles. The van der Waals surface area contributed by atoms with Gasteiger partial charge >= 0.3 is 0 Å². The second-order valence-electron chi connectivity index (χ2n) is 5.62. The van der Waals surface area contributed by atoms with Crippen molar-refractivity contribution in [1.29, 1.82) is 0 Å². The van der Waals surface area contributed by atoms with E-state index in [9.17, 15) is 4.79 Å². The summed E-state index contributed by atoms with van der Waals surface area (Å²) in [4.78, 5) is 13.6. The Morgan fingerprint density at radius 1 is 1.47 bits per heavy atom. The van der Waals surface area contributed by atoms with Gasteiger partial charge in [0.2, 0.25) is 5.91 Å². The first-order valence-corrected chi connectivity index (χ1v) is 6.84. The molecule has 4 heteroatoms. The number of aryl methyl sites for hydroxylation is 1. The Labute approximate surface area is 114 Å². The van der Waals surface area contributed by atoms with Crippen molar-refractivity contribution in [1.82, 2.24) is 4.90 Å². The van der Waals surface area contributed by atoms with Gasteiger partial charge in [0.1, 0.15) is 0 Å². The Bertz CT molecular complexity index is 472. The Kier molecular flexibility index (Phi) is 4.22. The van der Waals surface area contributed by atoms with E-state index in [0.29, 0.717) is 17.5 Å². The maximum absolute atomic E-state index is 11.1. The highest BCUT2D eigenvalue weighted by atomic mass is 16.1. The number of likely N-dealkylation sites (tertiary alicyclic amines) is 1. The summed E-state index contributed by atoms with van der Waals surface area (Å²) in [5.41, 5.74) is 14.0. The van der Waals surface area contributed by atoms with Crippen molar-refractivity contribution in [3.05, 3.63) is 34.9 Å². The fourth-order valence-electron chi connectivity index (χ4n) is 2.85. The van der Waals surface area contributed by atoms with Crippen molar-refractivity contribution >= 4 is 5.91 Å². The highest BCUT2D eigenvalue weighted by Gasteiger charge is 2.28. The molecule has 0 aromatic heterocycles. The number of carbonyl (C=O) groups is 1. The van der Waals surface area contributed by atoms with Crippen LogP contribution < -0.4 is 11.5 Å². The molecule has 1 aromatic rings. The van der Waals surface area contributed by atoms with Gasteiger partial charge < -0.3 is 11.5 Å². The molecule has 1 aliphatic heterocycles. The van der Waals surface area contributed by atoms with Crippen molar-refractivity contribution < 1.29 is 4.79 Å². The summed E-state index contributed by atoms with van der Waals surface area (Å²) in [6, 6.07) is 6.27. The highest BCUT2D eigenvalue weighted by molar-refractivity contribution is 5.93. The van der Waals surface area contributed by atoms with E-state index in [1.165, 1.54) is 12.0 Å². The summed E-state index contributed by atoms with van der Waals surface area (Å²) in [6.45, 7) is 7.03. The molecule has 1 amide bonds. The molecule has 1 saturated heterocycles. The summed E-state index contributed by atoms with van der Waals surface area (Å²) >= 11 is 0. The summed E-state index contributed by atoms with van der Waals surface area (Å²) in [6.07, 6.45) is 1.18. The van der Waals surface area contributed by atoms with Gasteiger partial charge in [-0.2, -0.15) is 0 Å². The number of rotatable bonds is 4. The van der Waals surface area contributed by atoms with Crippen LogP contribution in [0, 0.1) is 12.8 Å². The van der Waals surface area contributed by atoms with Gasteiger partial charge in [-0.05, 0) is 56.0 Å². The fraction of sp³-hybridized carbons (Fsp3) is 0.533. The van der Waals surface area contributed by atoms with E-state index in [1.54, 1.807) is 0 Å². The SMILES string of the molecule is Cc1cc(C(N)=O)ccc1CN1CC(CN)CC1C. The van der Waals surface area contributed by atoms with Crippen LogP contribution >= 0.6 is 0 Å². The largest absolute Gasteiger partial charge is 0.366 e. The maximum Gasteiger partial charge on any atom is 0.248 e. The summed E-state index contributed by atoms with van der Waals surface area (Å²) < 4.78 is 0. The van der Waals surface area contributed by atoms with Crippen LogP contribution in [0.1, 0.15) is 34.8 Å². The van der Waals surface area contributed by atoms with Gasteiger partial charge in [-0.1, -0.05) is 6.07 Å². The maximum atomic E-state index is 11.1. The number of hydrogen-bond acceptors (Lipinski definition) is 3. The van der Waals surface area contributed by atoms with E-state index in [0.717, 1.165) is 25.2 Å². The molecule has 0 spiro atoms. The lowest BCUT2D eigenvalue weighted by Crippen LogP contribution is -2.27. The van der Waals surface area contributed by atoms with E-state index < -0.39 is 0 Å². The van der Waals surface area contributed by atoms with E-state index in [1.807, 2.05) is 25.1 Å². The van der Waals surface area contributed by atoms with Crippen molar-refractivity contribution in [2.45, 2.75) is 32.9 Å². The standard InChI is InChI=1S/C15H23N3O/c1-10-5-13(15(17)19)3-4-14(10)9-18-8-12(7-16)6-11(18)2/h3-5,11-12H,6-9,16H2,1-2H3,(H2,17,19). The molecule has 1 aromatic carbocycles. The van der Waals surface area contributed by atoms with Crippen molar-refractivity contribution in [2.24, 2.45) is 17.4 Å². The summed E-state index contributed by atoms with van der Waals surface area (Å²) in [5.74, 6) is 0.243. The molecule has 19 heavy (non-hydrogen) atoms. The second-order valence-corrected chi connectivity index (χ2v) is 5.62. The smallest absolute Gasteiger partial charge is 0.248 e. The van der Waals surface area contributed by atoms with Crippen LogP contribution in [-0.2, 0) is 6.54 Å². The molecule has 4 N–H and O–H groups in total. The Hall–Kier alpha value is -1.39. The topological polar surface area (TPSA) is 72.4 Å². The van der Waals surface area contributed by atoms with Gasteiger partial charge in [-0.15, -0.1) is 0 Å². The first-order chi connectivity index (χ1) is 9.01. The second kappa shape index (κ2) is 5.72. The van der Waals surface area contributed by atoms with Gasteiger partial charge in [0.15, 0.2) is 0 Å². The van der Waals surface area contributed by atoms with Gasteiger partial charge in [0.25, 0.3) is 0 Å². The van der Waals surface area contributed by atoms with E-state index in [-0.39, 0.29) is 5.91 Å². The normalized spacial score (nSPS) is 23.7. The first-order valence-electron chi connectivity index (χ1n) is 6.84. The van der Waals surface area contributed by atoms with Gasteiger partial charge in [-0.3, -0.25) is 9.69 Å². The minimum Gasteiger partial charge on any atom is -0.366 e. The lowest BCUT2D eigenvalue weighted by Gasteiger charge is -2.22. The van der Waals surface area contributed by atoms with Crippen LogP contribution in [0.25, 0.3) is 0 Å². The molecule has 4 nitrogen and oxygen atoms in total. The molecule has 0 aliphatic carbocycles. The van der Waals surface area contributed by atoms with Crippen LogP contribution in [0.15, 0.2) is 18.2 Å². The monoisotopic (exact) mass is 261 g/mol. The number of hydrogen-bond donors (Lipinski definition) is 2. The zero-order valence-corrected chi connectivity index (χ0v) is 11.7. The lowest BCUT2D eigenvalue weighted by atomic mass is 10.0. The Morgan fingerprint density at radius 3 is 2.74 bits per heavy atom. The average Bonchev–Trinajstić information content (AvgIpc) is 2.72. The number of amides is 1. The van der Waals surface area contributed by atoms with Crippen LogP contribution in [-0.4, -0.2) is 29.9 Å². The van der Waals surface area contributed by atoms with Crippen LogP contribution in [0.5, 0.6) is 0 Å². The third-order valence-corrected chi connectivity index (χ3v) is 4.12. The predicted molar refractivity (Wildman–Crippen MR) is 76.7 cm³/mol. The van der Waals surface area contributed by atoms with E-state index in [4.69, 9.17) is 11.5 Å². The molecule has 1 fully saturated rings. The fourth-order valence-corrected chi connectivity index (χ4v) is 2.85. The molecule has 1 heterocycles. The minimum absolute atomic E-state index is 0.368. The molecular formula is C15H23N3O. The molecular weight excluding hydrogens is 238 g/mol.